The van der Waals surface area contributed by atoms with Crippen molar-refractivity contribution in [2.24, 2.45) is 0 Å². The van der Waals surface area contributed by atoms with Crippen LogP contribution in [0.15, 0.2) is 29.2 Å². The van der Waals surface area contributed by atoms with Crippen LogP contribution in [0.25, 0.3) is 0 Å². The molecule has 0 aromatic heterocycles. The second-order valence-electron chi connectivity index (χ2n) is 4.73. The van der Waals surface area contributed by atoms with Crippen molar-refractivity contribution >= 4 is 21.6 Å². The molecule has 1 rings (SSSR count). The summed E-state index contributed by atoms with van der Waals surface area (Å²) in [5.74, 6) is 0.494. The third-order valence-corrected chi connectivity index (χ3v) is 5.26. The Hall–Kier alpha value is -1.09. The molecule has 0 unspecified atom stereocenters. The third-order valence-electron chi connectivity index (χ3n) is 3.03. The Labute approximate surface area is 119 Å². The second kappa shape index (κ2) is 5.91. The number of sulfonamides is 1. The van der Waals surface area contributed by atoms with E-state index in [2.05, 4.69) is 0 Å². The van der Waals surface area contributed by atoms with Crippen LogP contribution in [0.5, 0.6) is 0 Å². The lowest BCUT2D eigenvalue weighted by atomic mass is 10.1. The highest BCUT2D eigenvalue weighted by Crippen LogP contribution is 2.22. The van der Waals surface area contributed by atoms with Crippen molar-refractivity contribution in [3.05, 3.63) is 29.8 Å². The fourth-order valence-corrected chi connectivity index (χ4v) is 3.12. The average molecular weight is 301 g/mol. The molecular weight excluding hydrogens is 284 g/mol. The van der Waals surface area contributed by atoms with E-state index in [1.165, 1.54) is 7.05 Å². The van der Waals surface area contributed by atoms with Crippen molar-refractivity contribution in [2.45, 2.75) is 30.7 Å². The van der Waals surface area contributed by atoms with Crippen LogP contribution in [-0.2, 0) is 16.4 Å². The molecule has 0 saturated heterocycles. The molecular formula is C13H17ClN2O2S. The predicted octanol–water partition coefficient (Wildman–Crippen LogP) is 2.39. The summed E-state index contributed by atoms with van der Waals surface area (Å²) in [5, 5.41) is 9.02. The Morgan fingerprint density at radius 2 is 1.84 bits per heavy atom. The zero-order valence-electron chi connectivity index (χ0n) is 11.2. The molecule has 104 valence electrons. The second-order valence-corrected chi connectivity index (χ2v) is 7.07. The summed E-state index contributed by atoms with van der Waals surface area (Å²) >= 11 is 5.63. The number of hydrogen-bond donors (Lipinski definition) is 0. The number of rotatable bonds is 5. The quantitative estimate of drug-likeness (QED) is 0.784. The van der Waals surface area contributed by atoms with Gasteiger partial charge in [-0.3, -0.25) is 0 Å². The van der Waals surface area contributed by atoms with E-state index in [-0.39, 0.29) is 4.90 Å². The summed E-state index contributed by atoms with van der Waals surface area (Å²) in [6.45, 7) is 3.12. The van der Waals surface area contributed by atoms with Crippen molar-refractivity contribution in [3.63, 3.8) is 0 Å². The van der Waals surface area contributed by atoms with Gasteiger partial charge < -0.3 is 0 Å². The van der Waals surface area contributed by atoms with E-state index in [4.69, 9.17) is 16.9 Å². The Morgan fingerprint density at radius 1 is 1.32 bits per heavy atom. The van der Waals surface area contributed by atoms with Crippen LogP contribution < -0.4 is 0 Å². The smallest absolute Gasteiger partial charge is 0.207 e. The van der Waals surface area contributed by atoms with Gasteiger partial charge in [0, 0.05) is 12.9 Å². The first-order valence-corrected chi connectivity index (χ1v) is 7.78. The molecule has 0 heterocycles. The van der Waals surface area contributed by atoms with Gasteiger partial charge in [0.05, 0.1) is 11.0 Å². The lowest BCUT2D eigenvalue weighted by Crippen LogP contribution is -2.43. The average Bonchev–Trinajstić information content (AvgIpc) is 2.39. The van der Waals surface area contributed by atoms with E-state index in [1.807, 2.05) is 6.07 Å². The Balaban J connectivity index is 3.11. The van der Waals surface area contributed by atoms with E-state index in [0.29, 0.717) is 12.3 Å². The molecule has 0 fully saturated rings. The molecule has 6 heteroatoms. The third kappa shape index (κ3) is 3.47. The summed E-state index contributed by atoms with van der Waals surface area (Å²) in [6, 6.07) is 8.54. The number of hydrogen-bond acceptors (Lipinski definition) is 3. The molecule has 1 aromatic rings. The standard InChI is InChI=1S/C13H17ClN2O2S/c1-13(2,10-15)16(3)19(17,18)12-6-4-11(5-7-12)8-9-14/h4-7H,8-9H2,1-3H3. The summed E-state index contributed by atoms with van der Waals surface area (Å²) in [5.41, 5.74) is -0.107. The molecule has 19 heavy (non-hydrogen) atoms. The molecule has 0 saturated carbocycles. The summed E-state index contributed by atoms with van der Waals surface area (Å²) in [4.78, 5) is 0.177. The molecule has 0 aliphatic carbocycles. The van der Waals surface area contributed by atoms with Crippen LogP contribution in [0.1, 0.15) is 19.4 Å². The topological polar surface area (TPSA) is 61.2 Å². The minimum Gasteiger partial charge on any atom is -0.207 e. The largest absolute Gasteiger partial charge is 0.244 e. The molecule has 0 atom stereocenters. The molecule has 0 bridgehead atoms. The van der Waals surface area contributed by atoms with Crippen molar-refractivity contribution in [1.82, 2.24) is 4.31 Å². The van der Waals surface area contributed by atoms with Gasteiger partial charge in [-0.15, -0.1) is 11.6 Å². The highest BCUT2D eigenvalue weighted by Gasteiger charge is 2.33. The van der Waals surface area contributed by atoms with Crippen LogP contribution in [0.3, 0.4) is 0 Å². The SMILES string of the molecule is CN(C(C)(C)C#N)S(=O)(=O)c1ccc(CCCl)cc1. The maximum Gasteiger partial charge on any atom is 0.244 e. The molecule has 4 nitrogen and oxygen atoms in total. The highest BCUT2D eigenvalue weighted by atomic mass is 35.5. The summed E-state index contributed by atoms with van der Waals surface area (Å²) < 4.78 is 25.8. The van der Waals surface area contributed by atoms with Crippen molar-refractivity contribution in [3.8, 4) is 6.07 Å². The van der Waals surface area contributed by atoms with Crippen molar-refractivity contribution < 1.29 is 8.42 Å². The van der Waals surface area contributed by atoms with Gasteiger partial charge in [0.2, 0.25) is 10.0 Å². The van der Waals surface area contributed by atoms with E-state index in [0.717, 1.165) is 9.87 Å². The van der Waals surface area contributed by atoms with E-state index >= 15 is 0 Å². The van der Waals surface area contributed by atoms with Crippen LogP contribution in [-0.4, -0.2) is 31.2 Å². The number of nitriles is 1. The maximum atomic E-state index is 12.4. The molecule has 0 radical (unpaired) electrons. The minimum atomic E-state index is -3.66. The van der Waals surface area contributed by atoms with Gasteiger partial charge in [0.1, 0.15) is 5.54 Å². The van der Waals surface area contributed by atoms with Crippen molar-refractivity contribution in [1.29, 1.82) is 5.26 Å². The molecule has 0 aliphatic heterocycles. The predicted molar refractivity (Wildman–Crippen MR) is 75.5 cm³/mol. The van der Waals surface area contributed by atoms with Crippen LogP contribution >= 0.6 is 11.6 Å². The van der Waals surface area contributed by atoms with Gasteiger partial charge >= 0.3 is 0 Å². The lowest BCUT2D eigenvalue weighted by Gasteiger charge is -2.28. The Morgan fingerprint density at radius 3 is 2.26 bits per heavy atom. The number of nitrogens with zero attached hydrogens (tertiary/aromatic N) is 2. The van der Waals surface area contributed by atoms with Gasteiger partial charge in [0.15, 0.2) is 0 Å². The first-order valence-electron chi connectivity index (χ1n) is 5.81. The zero-order valence-corrected chi connectivity index (χ0v) is 12.8. The first-order chi connectivity index (χ1) is 8.75. The van der Waals surface area contributed by atoms with Crippen LogP contribution in [0.2, 0.25) is 0 Å². The minimum absolute atomic E-state index is 0.177. The molecule has 0 aliphatic rings. The highest BCUT2D eigenvalue weighted by molar-refractivity contribution is 7.89. The Kier molecular flexibility index (Phi) is 4.97. The normalized spacial score (nSPS) is 12.4. The van der Waals surface area contributed by atoms with E-state index in [1.54, 1.807) is 38.1 Å². The molecule has 0 spiro atoms. The number of halogens is 1. The Bertz CT molecular complexity index is 574. The van der Waals surface area contributed by atoms with Crippen LogP contribution in [0, 0.1) is 11.3 Å². The summed E-state index contributed by atoms with van der Waals surface area (Å²) in [7, 11) is -2.25. The zero-order chi connectivity index (χ0) is 14.7. The molecule has 1 aromatic carbocycles. The lowest BCUT2D eigenvalue weighted by molar-refractivity contribution is 0.337. The van der Waals surface area contributed by atoms with Gasteiger partial charge in [0.25, 0.3) is 0 Å². The maximum absolute atomic E-state index is 12.4. The number of aryl methyl sites for hydroxylation is 1. The first kappa shape index (κ1) is 16.0. The van der Waals surface area contributed by atoms with Gasteiger partial charge in [-0.25, -0.2) is 8.42 Å². The number of alkyl halides is 1. The molecule has 0 N–H and O–H groups in total. The summed E-state index contributed by atoms with van der Waals surface area (Å²) in [6.07, 6.45) is 0.696. The monoisotopic (exact) mass is 300 g/mol. The van der Waals surface area contributed by atoms with Gasteiger partial charge in [-0.05, 0) is 38.0 Å². The fourth-order valence-electron chi connectivity index (χ4n) is 1.47. The van der Waals surface area contributed by atoms with E-state index < -0.39 is 15.6 Å². The van der Waals surface area contributed by atoms with Gasteiger partial charge in [-0.1, -0.05) is 12.1 Å². The van der Waals surface area contributed by atoms with Crippen LogP contribution in [0.4, 0.5) is 0 Å². The fraction of sp³-hybridized carbons (Fsp3) is 0.462. The van der Waals surface area contributed by atoms with Crippen molar-refractivity contribution in [2.75, 3.05) is 12.9 Å². The number of benzene rings is 1. The van der Waals surface area contributed by atoms with Gasteiger partial charge in [-0.2, -0.15) is 9.57 Å². The molecule has 0 amide bonds. The van der Waals surface area contributed by atoms with E-state index in [9.17, 15) is 8.42 Å².